The van der Waals surface area contributed by atoms with Crippen LogP contribution in [0.25, 0.3) is 0 Å². The molecule has 0 amide bonds. The molecule has 0 saturated heterocycles. The Labute approximate surface area is 134 Å². The van der Waals surface area contributed by atoms with Crippen LogP contribution in [0.5, 0.6) is 0 Å². The van der Waals surface area contributed by atoms with Gasteiger partial charge < -0.3 is 4.90 Å². The second-order valence-corrected chi connectivity index (χ2v) is 6.39. The molecular weight excluding hydrogens is 288 g/mol. The number of hydrogen-bond donors (Lipinski definition) is 0. The molecule has 0 radical (unpaired) electrons. The maximum absolute atomic E-state index is 4.52. The van der Waals surface area contributed by atoms with Crippen molar-refractivity contribution < 1.29 is 0 Å². The van der Waals surface area contributed by atoms with Gasteiger partial charge in [0.25, 0.3) is 0 Å². The second-order valence-electron chi connectivity index (χ2n) is 5.41. The minimum atomic E-state index is 0.994. The topological polar surface area (TPSA) is 15.6 Å². The van der Waals surface area contributed by atoms with Crippen molar-refractivity contribution in [3.8, 4) is 0 Å². The zero-order valence-corrected chi connectivity index (χ0v) is 13.0. The van der Waals surface area contributed by atoms with Crippen LogP contribution in [0.4, 0.5) is 11.4 Å². The first-order valence-electron chi connectivity index (χ1n) is 7.38. The molecule has 0 fully saturated rings. The maximum atomic E-state index is 4.52. The van der Waals surface area contributed by atoms with Gasteiger partial charge in [-0.15, -0.1) is 11.3 Å². The number of thiophene rings is 1. The summed E-state index contributed by atoms with van der Waals surface area (Å²) in [5.41, 5.74) is 5.12. The molecule has 0 saturated carbocycles. The summed E-state index contributed by atoms with van der Waals surface area (Å²) in [6.07, 6.45) is 1.92. The molecule has 0 aliphatic carbocycles. The van der Waals surface area contributed by atoms with Crippen molar-refractivity contribution in [3.05, 3.63) is 82.0 Å². The first-order valence-corrected chi connectivity index (χ1v) is 8.26. The van der Waals surface area contributed by atoms with E-state index in [1.807, 2.05) is 12.3 Å². The molecule has 22 heavy (non-hydrogen) atoms. The van der Waals surface area contributed by atoms with Gasteiger partial charge in [0.05, 0.1) is 5.69 Å². The van der Waals surface area contributed by atoms with Crippen molar-refractivity contribution in [2.45, 2.75) is 13.1 Å². The molecule has 4 rings (SSSR count). The second kappa shape index (κ2) is 5.78. The lowest BCUT2D eigenvalue weighted by atomic mass is 10.1. The van der Waals surface area contributed by atoms with E-state index in [2.05, 4.69) is 69.9 Å². The number of hydrogen-bond acceptors (Lipinski definition) is 3. The highest BCUT2D eigenvalue weighted by atomic mass is 32.1. The minimum Gasteiger partial charge on any atom is -0.363 e. The highest BCUT2D eigenvalue weighted by molar-refractivity contribution is 7.11. The standard InChI is InChI=1S/C19H16N2S/c1-2-5-16-14-21(13-15(16)4-1)18-9-7-17(8-10-18)20-12-19-6-3-11-22-19/h1-12H,13-14H2. The van der Waals surface area contributed by atoms with Gasteiger partial charge in [-0.2, -0.15) is 0 Å². The Balaban J connectivity index is 1.49. The number of rotatable bonds is 3. The number of anilines is 1. The van der Waals surface area contributed by atoms with Crippen LogP contribution in [0.2, 0.25) is 0 Å². The third kappa shape index (κ3) is 2.68. The summed E-state index contributed by atoms with van der Waals surface area (Å²) in [5.74, 6) is 0. The zero-order chi connectivity index (χ0) is 14.8. The van der Waals surface area contributed by atoms with Gasteiger partial charge in [-0.3, -0.25) is 4.99 Å². The SMILES string of the molecule is C(=Nc1ccc(N2Cc3ccccc3C2)cc1)c1cccs1. The molecule has 1 aliphatic heterocycles. The van der Waals surface area contributed by atoms with Crippen LogP contribution in [-0.2, 0) is 13.1 Å². The molecule has 2 aromatic carbocycles. The molecule has 0 atom stereocenters. The smallest absolute Gasteiger partial charge is 0.0631 e. The van der Waals surface area contributed by atoms with Gasteiger partial charge in [-0.05, 0) is 46.8 Å². The van der Waals surface area contributed by atoms with E-state index in [4.69, 9.17) is 0 Å². The lowest BCUT2D eigenvalue weighted by Gasteiger charge is -2.17. The van der Waals surface area contributed by atoms with Crippen LogP contribution >= 0.6 is 11.3 Å². The van der Waals surface area contributed by atoms with E-state index in [0.717, 1.165) is 18.8 Å². The van der Waals surface area contributed by atoms with E-state index in [-0.39, 0.29) is 0 Å². The van der Waals surface area contributed by atoms with E-state index >= 15 is 0 Å². The van der Waals surface area contributed by atoms with Gasteiger partial charge in [-0.1, -0.05) is 30.3 Å². The van der Waals surface area contributed by atoms with Gasteiger partial charge in [-0.25, -0.2) is 0 Å². The molecule has 3 heteroatoms. The van der Waals surface area contributed by atoms with E-state index < -0.39 is 0 Å². The van der Waals surface area contributed by atoms with Crippen LogP contribution in [0.15, 0.2) is 71.0 Å². The first kappa shape index (κ1) is 13.3. The Kier molecular flexibility index (Phi) is 3.49. The Morgan fingerprint density at radius 1 is 0.864 bits per heavy atom. The molecule has 0 spiro atoms. The molecule has 0 bridgehead atoms. The fourth-order valence-electron chi connectivity index (χ4n) is 2.77. The number of fused-ring (bicyclic) bond motifs is 1. The fraction of sp³-hybridized carbons (Fsp3) is 0.105. The summed E-state index contributed by atoms with van der Waals surface area (Å²) in [4.78, 5) is 8.10. The van der Waals surface area contributed by atoms with Crippen molar-refractivity contribution in [2.24, 2.45) is 4.99 Å². The molecule has 2 heterocycles. The first-order chi connectivity index (χ1) is 10.9. The number of aliphatic imine (C=N–C) groups is 1. The molecule has 2 nitrogen and oxygen atoms in total. The zero-order valence-electron chi connectivity index (χ0n) is 12.1. The summed E-state index contributed by atoms with van der Waals surface area (Å²) in [5, 5.41) is 2.06. The largest absolute Gasteiger partial charge is 0.363 e. The molecule has 1 aliphatic rings. The van der Waals surface area contributed by atoms with Crippen LogP contribution in [-0.4, -0.2) is 6.21 Å². The summed E-state index contributed by atoms with van der Waals surface area (Å²) < 4.78 is 0. The molecule has 1 aromatic heterocycles. The summed E-state index contributed by atoms with van der Waals surface area (Å²) in [6.45, 7) is 1.99. The predicted octanol–water partition coefficient (Wildman–Crippen LogP) is 5.02. The van der Waals surface area contributed by atoms with Crippen LogP contribution in [0.3, 0.4) is 0 Å². The number of nitrogens with zero attached hydrogens (tertiary/aromatic N) is 2. The van der Waals surface area contributed by atoms with Crippen molar-refractivity contribution in [3.63, 3.8) is 0 Å². The molecule has 0 unspecified atom stereocenters. The Hall–Kier alpha value is -2.39. The minimum absolute atomic E-state index is 0.994. The average Bonchev–Trinajstić information content (AvgIpc) is 3.22. The highest BCUT2D eigenvalue weighted by Crippen LogP contribution is 2.29. The van der Waals surface area contributed by atoms with Gasteiger partial charge in [0.2, 0.25) is 0 Å². The third-order valence-electron chi connectivity index (χ3n) is 3.94. The van der Waals surface area contributed by atoms with E-state index in [1.54, 1.807) is 11.3 Å². The predicted molar refractivity (Wildman–Crippen MR) is 94.3 cm³/mol. The van der Waals surface area contributed by atoms with E-state index in [1.165, 1.54) is 21.7 Å². The highest BCUT2D eigenvalue weighted by Gasteiger charge is 2.18. The van der Waals surface area contributed by atoms with Gasteiger partial charge in [0, 0.05) is 29.9 Å². The van der Waals surface area contributed by atoms with Crippen molar-refractivity contribution in [2.75, 3.05) is 4.90 Å². The van der Waals surface area contributed by atoms with Gasteiger partial charge in [0.15, 0.2) is 0 Å². The van der Waals surface area contributed by atoms with Crippen LogP contribution in [0.1, 0.15) is 16.0 Å². The lowest BCUT2D eigenvalue weighted by molar-refractivity contribution is 0.880. The van der Waals surface area contributed by atoms with Gasteiger partial charge >= 0.3 is 0 Å². The Morgan fingerprint density at radius 2 is 1.59 bits per heavy atom. The quantitative estimate of drug-likeness (QED) is 0.620. The lowest BCUT2D eigenvalue weighted by Crippen LogP contribution is -2.13. The monoisotopic (exact) mass is 304 g/mol. The van der Waals surface area contributed by atoms with Crippen molar-refractivity contribution in [1.29, 1.82) is 0 Å². The van der Waals surface area contributed by atoms with E-state index in [0.29, 0.717) is 0 Å². The van der Waals surface area contributed by atoms with Crippen LogP contribution in [0, 0.1) is 0 Å². The average molecular weight is 304 g/mol. The molecule has 108 valence electrons. The summed E-state index contributed by atoms with van der Waals surface area (Å²) in [7, 11) is 0. The maximum Gasteiger partial charge on any atom is 0.0631 e. The van der Waals surface area contributed by atoms with Crippen molar-refractivity contribution in [1.82, 2.24) is 0 Å². The third-order valence-corrected chi connectivity index (χ3v) is 4.75. The molecule has 0 N–H and O–H groups in total. The van der Waals surface area contributed by atoms with E-state index in [9.17, 15) is 0 Å². The molecule has 3 aromatic rings. The van der Waals surface area contributed by atoms with Gasteiger partial charge in [0.1, 0.15) is 0 Å². The number of benzene rings is 2. The Morgan fingerprint density at radius 3 is 2.23 bits per heavy atom. The fourth-order valence-corrected chi connectivity index (χ4v) is 3.35. The summed E-state index contributed by atoms with van der Waals surface area (Å²) >= 11 is 1.70. The summed E-state index contributed by atoms with van der Waals surface area (Å²) in [6, 6.07) is 21.3. The normalized spacial score (nSPS) is 13.7. The van der Waals surface area contributed by atoms with Crippen LogP contribution < -0.4 is 4.90 Å². The molecular formula is C19H16N2S. The van der Waals surface area contributed by atoms with Crippen molar-refractivity contribution >= 4 is 28.9 Å². The Bertz CT molecular complexity index is 764.